The van der Waals surface area contributed by atoms with E-state index in [0.29, 0.717) is 19.0 Å². The molecule has 4 nitrogen and oxygen atoms in total. The van der Waals surface area contributed by atoms with Crippen LogP contribution in [0.1, 0.15) is 63.8 Å². The molecule has 0 radical (unpaired) electrons. The lowest BCUT2D eigenvalue weighted by atomic mass is 9.79. The molecule has 3 N–H and O–H groups in total. The van der Waals surface area contributed by atoms with Crippen molar-refractivity contribution >= 4 is 5.96 Å². The summed E-state index contributed by atoms with van der Waals surface area (Å²) < 4.78 is 0. The van der Waals surface area contributed by atoms with E-state index in [4.69, 9.17) is 5.73 Å². The largest absolute Gasteiger partial charge is 0.370 e. The molecule has 0 aliphatic carbocycles. The molecule has 0 spiro atoms. The first-order chi connectivity index (χ1) is 15.0. The van der Waals surface area contributed by atoms with Crippen LogP contribution in [0.3, 0.4) is 0 Å². The third kappa shape index (κ3) is 6.43. The molecule has 1 aromatic heterocycles. The average Bonchev–Trinajstić information content (AvgIpc) is 2.76. The fourth-order valence-corrected chi connectivity index (χ4v) is 3.43. The van der Waals surface area contributed by atoms with Gasteiger partial charge in [-0.3, -0.25) is 4.98 Å². The third-order valence-corrected chi connectivity index (χ3v) is 5.60. The monoisotopic (exact) mass is 428 g/mol. The summed E-state index contributed by atoms with van der Waals surface area (Å²) in [6.07, 6.45) is 3.62. The number of benzene rings is 2. The SMILES string of the molecule is CC(C)(C)c1cc(CN=C(N)NCc2ccc(-c3ccncc3)cc2)cc(C(C)(C)C)c1. The van der Waals surface area contributed by atoms with E-state index in [1.54, 1.807) is 0 Å². The lowest BCUT2D eigenvalue weighted by molar-refractivity contribution is 0.567. The third-order valence-electron chi connectivity index (χ3n) is 5.60. The number of nitrogens with one attached hydrogen (secondary N) is 1. The standard InChI is InChI=1S/C28H36N4/c1-27(2,3)24-15-21(16-25(17-24)28(4,5)6)19-32-26(29)31-18-20-7-9-22(10-8-20)23-11-13-30-14-12-23/h7-17H,18-19H2,1-6H3,(H3,29,31,32). The van der Waals surface area contributed by atoms with Crippen LogP contribution in [0.4, 0.5) is 0 Å². The lowest BCUT2D eigenvalue weighted by Crippen LogP contribution is -2.31. The van der Waals surface area contributed by atoms with Crippen LogP contribution in [0, 0.1) is 0 Å². The molecule has 0 saturated heterocycles. The summed E-state index contributed by atoms with van der Waals surface area (Å²) in [7, 11) is 0. The molecule has 0 fully saturated rings. The highest BCUT2D eigenvalue weighted by Gasteiger charge is 2.20. The Morgan fingerprint density at radius 1 is 0.781 bits per heavy atom. The molecule has 0 unspecified atom stereocenters. The molecule has 4 heteroatoms. The molecule has 3 rings (SSSR count). The Balaban J connectivity index is 1.66. The van der Waals surface area contributed by atoms with E-state index < -0.39 is 0 Å². The van der Waals surface area contributed by atoms with Crippen molar-refractivity contribution in [3.05, 3.63) is 89.2 Å². The van der Waals surface area contributed by atoms with Crippen LogP contribution in [0.2, 0.25) is 0 Å². The number of pyridine rings is 1. The molecular weight excluding hydrogens is 392 g/mol. The summed E-state index contributed by atoms with van der Waals surface area (Å²) in [4.78, 5) is 8.67. The van der Waals surface area contributed by atoms with Crippen LogP contribution in [0.25, 0.3) is 11.1 Å². The summed E-state index contributed by atoms with van der Waals surface area (Å²) in [5.41, 5.74) is 13.7. The number of nitrogens with zero attached hydrogens (tertiary/aromatic N) is 2. The van der Waals surface area contributed by atoms with Gasteiger partial charge < -0.3 is 11.1 Å². The van der Waals surface area contributed by atoms with E-state index in [1.807, 2.05) is 24.5 Å². The van der Waals surface area contributed by atoms with Gasteiger partial charge in [0, 0.05) is 18.9 Å². The second-order valence-corrected chi connectivity index (χ2v) is 10.4. The number of hydrogen-bond acceptors (Lipinski definition) is 2. The average molecular weight is 429 g/mol. The summed E-state index contributed by atoms with van der Waals surface area (Å²) in [6, 6.07) is 19.3. The van der Waals surface area contributed by atoms with Crippen LogP contribution < -0.4 is 11.1 Å². The number of aliphatic imine (C=N–C) groups is 1. The molecule has 0 bridgehead atoms. The summed E-state index contributed by atoms with van der Waals surface area (Å²) in [5, 5.41) is 3.24. The van der Waals surface area contributed by atoms with E-state index in [-0.39, 0.29) is 10.8 Å². The Kier molecular flexibility index (Phi) is 7.02. The maximum Gasteiger partial charge on any atom is 0.189 e. The van der Waals surface area contributed by atoms with Crippen molar-refractivity contribution in [2.45, 2.75) is 65.5 Å². The van der Waals surface area contributed by atoms with Crippen molar-refractivity contribution in [2.24, 2.45) is 10.7 Å². The van der Waals surface area contributed by atoms with Gasteiger partial charge in [-0.1, -0.05) is 84.0 Å². The minimum absolute atomic E-state index is 0.0892. The van der Waals surface area contributed by atoms with E-state index >= 15 is 0 Å². The van der Waals surface area contributed by atoms with Crippen LogP contribution in [-0.2, 0) is 23.9 Å². The minimum Gasteiger partial charge on any atom is -0.370 e. The van der Waals surface area contributed by atoms with Gasteiger partial charge in [-0.05, 0) is 56.3 Å². The fraction of sp³-hybridized carbons (Fsp3) is 0.357. The van der Waals surface area contributed by atoms with Crippen molar-refractivity contribution < 1.29 is 0 Å². The molecule has 0 atom stereocenters. The number of aromatic nitrogens is 1. The smallest absolute Gasteiger partial charge is 0.189 e. The first-order valence-electron chi connectivity index (χ1n) is 11.2. The van der Waals surface area contributed by atoms with Crippen molar-refractivity contribution in [2.75, 3.05) is 0 Å². The van der Waals surface area contributed by atoms with Crippen molar-refractivity contribution in [3.63, 3.8) is 0 Å². The van der Waals surface area contributed by atoms with Gasteiger partial charge in [-0.2, -0.15) is 0 Å². The lowest BCUT2D eigenvalue weighted by Gasteiger charge is -2.26. The van der Waals surface area contributed by atoms with Crippen LogP contribution >= 0.6 is 0 Å². The number of nitrogens with two attached hydrogens (primary N) is 1. The van der Waals surface area contributed by atoms with Gasteiger partial charge in [-0.25, -0.2) is 4.99 Å². The van der Waals surface area contributed by atoms with E-state index in [2.05, 4.69) is 99.3 Å². The summed E-state index contributed by atoms with van der Waals surface area (Å²) >= 11 is 0. The molecule has 0 saturated carbocycles. The van der Waals surface area contributed by atoms with Crippen LogP contribution in [-0.4, -0.2) is 10.9 Å². The van der Waals surface area contributed by atoms with E-state index in [1.165, 1.54) is 22.3 Å². The van der Waals surface area contributed by atoms with Gasteiger partial charge in [0.1, 0.15) is 0 Å². The topological polar surface area (TPSA) is 63.3 Å². The zero-order valence-electron chi connectivity index (χ0n) is 20.2. The Bertz CT molecular complexity index is 1020. The molecule has 0 aliphatic rings. The normalized spacial score (nSPS) is 12.6. The Labute approximate surface area is 193 Å². The van der Waals surface area contributed by atoms with Crippen molar-refractivity contribution in [3.8, 4) is 11.1 Å². The maximum absolute atomic E-state index is 6.17. The molecule has 168 valence electrons. The summed E-state index contributed by atoms with van der Waals surface area (Å²) in [5.74, 6) is 0.460. The predicted octanol–water partition coefficient (Wildman–Crippen LogP) is 5.95. The Morgan fingerprint density at radius 2 is 1.31 bits per heavy atom. The zero-order chi connectivity index (χ0) is 23.4. The molecule has 0 aliphatic heterocycles. The van der Waals surface area contributed by atoms with Crippen LogP contribution in [0.15, 0.2) is 72.0 Å². The second-order valence-electron chi connectivity index (χ2n) is 10.4. The van der Waals surface area contributed by atoms with Gasteiger partial charge in [0.25, 0.3) is 0 Å². The molecule has 32 heavy (non-hydrogen) atoms. The van der Waals surface area contributed by atoms with E-state index in [0.717, 1.165) is 11.1 Å². The van der Waals surface area contributed by atoms with E-state index in [9.17, 15) is 0 Å². The minimum atomic E-state index is 0.0892. The first-order valence-corrected chi connectivity index (χ1v) is 11.2. The molecular formula is C28H36N4. The quantitative estimate of drug-likeness (QED) is 0.390. The fourth-order valence-electron chi connectivity index (χ4n) is 3.43. The van der Waals surface area contributed by atoms with Gasteiger partial charge in [-0.15, -0.1) is 0 Å². The molecule has 1 heterocycles. The predicted molar refractivity (Wildman–Crippen MR) is 136 cm³/mol. The molecule has 3 aromatic rings. The maximum atomic E-state index is 6.17. The van der Waals surface area contributed by atoms with Crippen molar-refractivity contribution in [1.29, 1.82) is 0 Å². The molecule has 0 amide bonds. The highest BCUT2D eigenvalue weighted by molar-refractivity contribution is 5.77. The van der Waals surface area contributed by atoms with Gasteiger partial charge >= 0.3 is 0 Å². The highest BCUT2D eigenvalue weighted by atomic mass is 15.1. The second kappa shape index (κ2) is 9.56. The number of guanidine groups is 1. The first kappa shape index (κ1) is 23.5. The Hall–Kier alpha value is -3.14. The number of rotatable bonds is 5. The number of hydrogen-bond donors (Lipinski definition) is 2. The Morgan fingerprint density at radius 3 is 1.84 bits per heavy atom. The molecule has 2 aromatic carbocycles. The van der Waals surface area contributed by atoms with Gasteiger partial charge in [0.05, 0.1) is 6.54 Å². The van der Waals surface area contributed by atoms with Crippen LogP contribution in [0.5, 0.6) is 0 Å². The van der Waals surface area contributed by atoms with Gasteiger partial charge in [0.2, 0.25) is 0 Å². The summed E-state index contributed by atoms with van der Waals surface area (Å²) in [6.45, 7) is 14.7. The van der Waals surface area contributed by atoms with Gasteiger partial charge in [0.15, 0.2) is 5.96 Å². The highest BCUT2D eigenvalue weighted by Crippen LogP contribution is 2.30. The zero-order valence-corrected chi connectivity index (χ0v) is 20.2. The van der Waals surface area contributed by atoms with Crippen molar-refractivity contribution in [1.82, 2.24) is 10.3 Å².